The van der Waals surface area contributed by atoms with Crippen LogP contribution in [0.15, 0.2) is 60.7 Å². The van der Waals surface area contributed by atoms with Crippen molar-refractivity contribution >= 4 is 0 Å². The molecule has 2 aliphatic heterocycles. The van der Waals surface area contributed by atoms with E-state index in [2.05, 4.69) is 54.6 Å². The van der Waals surface area contributed by atoms with Crippen molar-refractivity contribution in [3.05, 3.63) is 71.8 Å². The summed E-state index contributed by atoms with van der Waals surface area (Å²) in [6.07, 6.45) is 3.34. The molecule has 2 aliphatic rings. The van der Waals surface area contributed by atoms with E-state index in [-0.39, 0.29) is 5.41 Å². The smallest absolute Gasteiger partial charge is 0.118 e. The Morgan fingerprint density at radius 3 is 2.04 bits per heavy atom. The molecule has 0 N–H and O–H groups in total. The van der Waals surface area contributed by atoms with E-state index >= 15 is 0 Å². The van der Waals surface area contributed by atoms with Crippen LogP contribution < -0.4 is 0 Å². The number of ether oxygens (including phenoxy) is 1. The molecule has 0 aromatic heterocycles. The minimum Gasteiger partial charge on any atom is -0.384 e. The van der Waals surface area contributed by atoms with E-state index in [9.17, 15) is 5.26 Å². The van der Waals surface area contributed by atoms with Gasteiger partial charge >= 0.3 is 0 Å². The predicted molar refractivity (Wildman–Crippen MR) is 107 cm³/mol. The van der Waals surface area contributed by atoms with Crippen molar-refractivity contribution in [1.29, 1.82) is 5.26 Å². The van der Waals surface area contributed by atoms with Gasteiger partial charge in [0.05, 0.1) is 44.3 Å². The highest BCUT2D eigenvalue weighted by Crippen LogP contribution is 2.59. The first-order valence-corrected chi connectivity index (χ1v) is 10.1. The van der Waals surface area contributed by atoms with E-state index in [1.54, 1.807) is 7.11 Å². The maximum atomic E-state index is 10.7. The number of hydrogen-bond donors (Lipinski definition) is 0. The molecule has 4 rings (SSSR count). The molecule has 0 atom stereocenters. The van der Waals surface area contributed by atoms with E-state index in [4.69, 9.17) is 4.74 Å². The molecule has 2 aromatic carbocycles. The third kappa shape index (κ3) is 2.79. The van der Waals surface area contributed by atoms with Crippen LogP contribution in [0.5, 0.6) is 0 Å². The molecule has 0 radical (unpaired) electrons. The summed E-state index contributed by atoms with van der Waals surface area (Å²) in [5.41, 5.74) is 1.74. The average Bonchev–Trinajstić information content (AvgIpc) is 3.28. The summed E-state index contributed by atoms with van der Waals surface area (Å²) in [7, 11) is 1.78. The number of nitriles is 1. The van der Waals surface area contributed by atoms with Gasteiger partial charge in [-0.3, -0.25) is 0 Å². The molecule has 0 spiro atoms. The summed E-state index contributed by atoms with van der Waals surface area (Å²) in [5.74, 6) is 0. The molecule has 140 valence electrons. The van der Waals surface area contributed by atoms with Crippen LogP contribution in [-0.4, -0.2) is 44.4 Å². The highest BCUT2D eigenvalue weighted by Gasteiger charge is 2.66. The lowest BCUT2D eigenvalue weighted by Gasteiger charge is -2.41. The second-order valence-electron chi connectivity index (χ2n) is 8.39. The van der Waals surface area contributed by atoms with Crippen molar-refractivity contribution in [2.24, 2.45) is 5.41 Å². The summed E-state index contributed by atoms with van der Waals surface area (Å²) >= 11 is 0. The predicted octanol–water partition coefficient (Wildman–Crippen LogP) is 4.14. The van der Waals surface area contributed by atoms with Gasteiger partial charge in [0.15, 0.2) is 0 Å². The lowest BCUT2D eigenvalue weighted by atomic mass is 9.56. The topological polar surface area (TPSA) is 33.0 Å². The second kappa shape index (κ2) is 7.11. The van der Waals surface area contributed by atoms with Gasteiger partial charge in [-0.25, -0.2) is 0 Å². The number of rotatable bonds is 7. The molecule has 2 heterocycles. The molecule has 0 amide bonds. The Morgan fingerprint density at radius 2 is 1.56 bits per heavy atom. The Bertz CT molecular complexity index is 762. The highest BCUT2D eigenvalue weighted by molar-refractivity contribution is 5.49. The number of methoxy groups -OCH3 is 1. The Kier molecular flexibility index (Phi) is 4.80. The maximum absolute atomic E-state index is 10.7. The van der Waals surface area contributed by atoms with Gasteiger partial charge in [0, 0.05) is 26.4 Å². The first-order chi connectivity index (χ1) is 13.2. The third-order valence-electron chi connectivity index (χ3n) is 7.13. The van der Waals surface area contributed by atoms with Crippen LogP contribution in [0.25, 0.3) is 0 Å². The standard InChI is InChI=1S/C24H29N2O/c1-27-18-8-15-26-16-13-23(20-26,14-17-26)24(19-25,21-9-4-2-5-10-21)22-11-6-3-7-12-22/h2-7,9-12H,8,13-18,20H2,1H3/q+1. The summed E-state index contributed by atoms with van der Waals surface area (Å²) < 4.78 is 6.45. The fourth-order valence-electron chi connectivity index (χ4n) is 5.84. The Morgan fingerprint density at radius 1 is 1.00 bits per heavy atom. The number of benzene rings is 2. The van der Waals surface area contributed by atoms with Crippen molar-refractivity contribution in [2.75, 3.05) is 39.9 Å². The van der Waals surface area contributed by atoms with Gasteiger partial charge in [-0.1, -0.05) is 60.7 Å². The van der Waals surface area contributed by atoms with Gasteiger partial charge in [0.1, 0.15) is 5.41 Å². The van der Waals surface area contributed by atoms with Crippen LogP contribution in [-0.2, 0) is 10.2 Å². The fourth-order valence-corrected chi connectivity index (χ4v) is 5.84. The van der Waals surface area contributed by atoms with Crippen LogP contribution in [0.3, 0.4) is 0 Å². The molecule has 0 aliphatic carbocycles. The zero-order valence-electron chi connectivity index (χ0n) is 16.2. The molecule has 27 heavy (non-hydrogen) atoms. The van der Waals surface area contributed by atoms with Crippen LogP contribution in [0.1, 0.15) is 30.4 Å². The zero-order chi connectivity index (χ0) is 18.8. The summed E-state index contributed by atoms with van der Waals surface area (Å²) in [6.45, 7) is 5.47. The Balaban J connectivity index is 1.79. The summed E-state index contributed by atoms with van der Waals surface area (Å²) in [6, 6.07) is 23.9. The van der Waals surface area contributed by atoms with Gasteiger partial charge in [0.2, 0.25) is 0 Å². The molecule has 2 saturated heterocycles. The SMILES string of the molecule is COCCC[N+]12CCC(C(C#N)(c3ccccc3)c3ccccc3)(CC1)C2. The van der Waals surface area contributed by atoms with Crippen molar-refractivity contribution < 1.29 is 9.22 Å². The molecule has 3 heteroatoms. The minimum absolute atomic E-state index is 0.0114. The normalized spacial score (nSPS) is 26.8. The maximum Gasteiger partial charge on any atom is 0.118 e. The molecular formula is C24H29N2O+. The second-order valence-corrected chi connectivity index (χ2v) is 8.39. The van der Waals surface area contributed by atoms with Crippen molar-refractivity contribution in [3.8, 4) is 6.07 Å². The van der Waals surface area contributed by atoms with Gasteiger partial charge in [0.25, 0.3) is 0 Å². The fraction of sp³-hybridized carbons (Fsp3) is 0.458. The van der Waals surface area contributed by atoms with E-state index in [0.717, 1.165) is 48.0 Å². The molecule has 2 aromatic rings. The summed E-state index contributed by atoms with van der Waals surface area (Å²) in [4.78, 5) is 0. The monoisotopic (exact) mass is 361 g/mol. The molecule has 0 saturated carbocycles. The first-order valence-electron chi connectivity index (χ1n) is 10.1. The lowest BCUT2D eigenvalue weighted by Crippen LogP contribution is -2.46. The van der Waals surface area contributed by atoms with Gasteiger partial charge in [-0.05, 0) is 11.1 Å². The Labute approximate surface area is 162 Å². The van der Waals surface area contributed by atoms with Crippen molar-refractivity contribution in [1.82, 2.24) is 0 Å². The van der Waals surface area contributed by atoms with Crippen LogP contribution >= 0.6 is 0 Å². The first kappa shape index (κ1) is 18.2. The number of hydrogen-bond acceptors (Lipinski definition) is 2. The van der Waals surface area contributed by atoms with Crippen molar-refractivity contribution in [3.63, 3.8) is 0 Å². The van der Waals surface area contributed by atoms with Gasteiger partial charge in [-0.15, -0.1) is 0 Å². The number of nitrogens with zero attached hydrogens (tertiary/aromatic N) is 2. The van der Waals surface area contributed by atoms with E-state index in [1.165, 1.54) is 19.6 Å². The lowest BCUT2D eigenvalue weighted by molar-refractivity contribution is -0.909. The molecule has 3 nitrogen and oxygen atoms in total. The number of piperidine rings is 1. The van der Waals surface area contributed by atoms with Crippen LogP contribution in [0.2, 0.25) is 0 Å². The summed E-state index contributed by atoms with van der Waals surface area (Å²) in [5, 5.41) is 10.7. The molecular weight excluding hydrogens is 332 g/mol. The molecule has 0 unspecified atom stereocenters. The highest BCUT2D eigenvalue weighted by atomic mass is 16.5. The number of fused-ring (bicyclic) bond motifs is 2. The van der Waals surface area contributed by atoms with E-state index in [1.807, 2.05) is 12.1 Å². The third-order valence-corrected chi connectivity index (χ3v) is 7.13. The molecule has 2 bridgehead atoms. The minimum atomic E-state index is -0.576. The van der Waals surface area contributed by atoms with E-state index in [0.29, 0.717) is 0 Å². The average molecular weight is 362 g/mol. The largest absolute Gasteiger partial charge is 0.384 e. The van der Waals surface area contributed by atoms with Crippen molar-refractivity contribution in [2.45, 2.75) is 24.7 Å². The Hall–Kier alpha value is -2.15. The van der Waals surface area contributed by atoms with Gasteiger partial charge < -0.3 is 9.22 Å². The quantitative estimate of drug-likeness (QED) is 0.548. The zero-order valence-corrected chi connectivity index (χ0v) is 16.2. The molecule has 2 fully saturated rings. The van der Waals surface area contributed by atoms with Gasteiger partial charge in [-0.2, -0.15) is 5.26 Å². The van der Waals surface area contributed by atoms with Crippen LogP contribution in [0.4, 0.5) is 0 Å². The number of quaternary nitrogens is 1. The van der Waals surface area contributed by atoms with E-state index < -0.39 is 5.41 Å². The van der Waals surface area contributed by atoms with Crippen LogP contribution in [0, 0.1) is 16.7 Å².